The molecule has 0 amide bonds. The van der Waals surface area contributed by atoms with Crippen LogP contribution in [-0.4, -0.2) is 9.97 Å². The van der Waals surface area contributed by atoms with E-state index in [0.717, 1.165) is 0 Å². The molecule has 0 atom stereocenters. The summed E-state index contributed by atoms with van der Waals surface area (Å²) < 4.78 is 0.545. The first-order valence-electron chi connectivity index (χ1n) is 3.71. The minimum absolute atomic E-state index is 0.145. The lowest BCUT2D eigenvalue weighted by Crippen LogP contribution is -2.16. The van der Waals surface area contributed by atoms with Gasteiger partial charge in [-0.25, -0.2) is 9.97 Å². The fourth-order valence-electron chi connectivity index (χ4n) is 0.730. The summed E-state index contributed by atoms with van der Waals surface area (Å²) in [5, 5.41) is 0.704. The molecule has 1 heterocycles. The average molecular weight is 284 g/mol. The summed E-state index contributed by atoms with van der Waals surface area (Å²) in [6.45, 7) is 6.01. The van der Waals surface area contributed by atoms with Crippen molar-refractivity contribution in [1.82, 2.24) is 9.97 Å². The van der Waals surface area contributed by atoms with Crippen LogP contribution in [0.25, 0.3) is 0 Å². The van der Waals surface area contributed by atoms with Crippen LogP contribution in [-0.2, 0) is 5.41 Å². The summed E-state index contributed by atoms with van der Waals surface area (Å²) in [6, 6.07) is 0. The van der Waals surface area contributed by atoms with Crippen LogP contribution in [0.3, 0.4) is 0 Å². The number of rotatable bonds is 0. The van der Waals surface area contributed by atoms with Crippen molar-refractivity contribution >= 4 is 39.1 Å². The van der Waals surface area contributed by atoms with E-state index in [1.807, 2.05) is 20.8 Å². The topological polar surface area (TPSA) is 25.8 Å². The van der Waals surface area contributed by atoms with Gasteiger partial charge in [-0.2, -0.15) is 0 Å². The van der Waals surface area contributed by atoms with Crippen LogP contribution < -0.4 is 0 Å². The number of halogens is 3. The standard InChI is InChI=1S/C8H9BrCl2N2/c1-8(2,3)7-12-5(10)4(9)6(11)13-7/h1-3H3. The Labute approximate surface area is 95.8 Å². The Balaban J connectivity index is 3.29. The molecule has 0 bridgehead atoms. The Bertz CT molecular complexity index is 310. The van der Waals surface area contributed by atoms with E-state index < -0.39 is 0 Å². The highest BCUT2D eigenvalue weighted by molar-refractivity contribution is 9.10. The van der Waals surface area contributed by atoms with Gasteiger partial charge >= 0.3 is 0 Å². The molecule has 0 N–H and O–H groups in total. The average Bonchev–Trinajstić information content (AvgIpc) is 1.97. The Morgan fingerprint density at radius 2 is 1.46 bits per heavy atom. The van der Waals surface area contributed by atoms with Gasteiger partial charge < -0.3 is 0 Å². The molecule has 2 nitrogen and oxygen atoms in total. The molecule has 0 aliphatic heterocycles. The third-order valence-corrected chi connectivity index (χ3v) is 3.20. The maximum absolute atomic E-state index is 5.84. The van der Waals surface area contributed by atoms with Crippen LogP contribution in [0.5, 0.6) is 0 Å². The van der Waals surface area contributed by atoms with Crippen molar-refractivity contribution in [2.45, 2.75) is 26.2 Å². The third-order valence-electron chi connectivity index (χ3n) is 1.44. The molecule has 1 aromatic rings. The fraction of sp³-hybridized carbons (Fsp3) is 0.500. The molecule has 0 aliphatic rings. The highest BCUT2D eigenvalue weighted by Gasteiger charge is 2.20. The lowest BCUT2D eigenvalue weighted by molar-refractivity contribution is 0.545. The Kier molecular flexibility index (Phi) is 3.20. The zero-order valence-electron chi connectivity index (χ0n) is 7.53. The molecule has 72 valence electrons. The van der Waals surface area contributed by atoms with Gasteiger partial charge in [0.1, 0.15) is 16.1 Å². The molecule has 1 rings (SSSR count). The molecule has 1 aromatic heterocycles. The molecule has 0 fully saturated rings. The van der Waals surface area contributed by atoms with Crippen molar-refractivity contribution in [2.75, 3.05) is 0 Å². The summed E-state index contributed by atoms with van der Waals surface area (Å²) in [4.78, 5) is 8.26. The molecule has 0 radical (unpaired) electrons. The van der Waals surface area contributed by atoms with Crippen LogP contribution in [0.1, 0.15) is 26.6 Å². The van der Waals surface area contributed by atoms with Crippen LogP contribution in [0.4, 0.5) is 0 Å². The summed E-state index contributed by atoms with van der Waals surface area (Å²) >= 11 is 14.9. The Morgan fingerprint density at radius 1 is 1.08 bits per heavy atom. The second-order valence-electron chi connectivity index (χ2n) is 3.69. The lowest BCUT2D eigenvalue weighted by Gasteiger charge is -2.16. The minimum Gasteiger partial charge on any atom is -0.219 e. The second kappa shape index (κ2) is 3.71. The number of aromatic nitrogens is 2. The first kappa shape index (κ1) is 11.2. The summed E-state index contributed by atoms with van der Waals surface area (Å²) in [6.07, 6.45) is 0. The zero-order valence-corrected chi connectivity index (χ0v) is 10.6. The Hall–Kier alpha value is 0.140. The van der Waals surface area contributed by atoms with Crippen LogP contribution in [0.2, 0.25) is 10.3 Å². The number of nitrogens with zero attached hydrogens (tertiary/aromatic N) is 2. The van der Waals surface area contributed by atoms with Gasteiger partial charge in [-0.3, -0.25) is 0 Å². The van der Waals surface area contributed by atoms with E-state index >= 15 is 0 Å². The van der Waals surface area contributed by atoms with Crippen molar-refractivity contribution in [3.8, 4) is 0 Å². The number of hydrogen-bond donors (Lipinski definition) is 0. The van der Waals surface area contributed by atoms with Crippen molar-refractivity contribution in [2.24, 2.45) is 0 Å². The predicted octanol–water partition coefficient (Wildman–Crippen LogP) is 3.84. The molecular formula is C8H9BrCl2N2. The fourth-order valence-corrected chi connectivity index (χ4v) is 1.29. The van der Waals surface area contributed by atoms with Gasteiger partial charge in [-0.05, 0) is 15.9 Å². The van der Waals surface area contributed by atoms with E-state index in [1.165, 1.54) is 0 Å². The van der Waals surface area contributed by atoms with Gasteiger partial charge in [-0.1, -0.05) is 44.0 Å². The van der Waals surface area contributed by atoms with E-state index in [0.29, 0.717) is 20.6 Å². The van der Waals surface area contributed by atoms with E-state index in [2.05, 4.69) is 25.9 Å². The van der Waals surface area contributed by atoms with Crippen LogP contribution in [0.15, 0.2) is 4.47 Å². The maximum atomic E-state index is 5.84. The quantitative estimate of drug-likeness (QED) is 0.676. The smallest absolute Gasteiger partial charge is 0.148 e. The van der Waals surface area contributed by atoms with E-state index in [1.54, 1.807) is 0 Å². The molecule has 0 aromatic carbocycles. The van der Waals surface area contributed by atoms with Crippen LogP contribution in [0, 0.1) is 0 Å². The Morgan fingerprint density at radius 3 is 1.77 bits per heavy atom. The molecule has 13 heavy (non-hydrogen) atoms. The van der Waals surface area contributed by atoms with Crippen molar-refractivity contribution in [3.63, 3.8) is 0 Å². The van der Waals surface area contributed by atoms with Crippen molar-refractivity contribution in [3.05, 3.63) is 20.6 Å². The third kappa shape index (κ3) is 2.55. The van der Waals surface area contributed by atoms with E-state index in [-0.39, 0.29) is 5.41 Å². The lowest BCUT2D eigenvalue weighted by atomic mass is 9.96. The molecular weight excluding hydrogens is 275 g/mol. The minimum atomic E-state index is -0.145. The first-order valence-corrected chi connectivity index (χ1v) is 5.26. The zero-order chi connectivity index (χ0) is 10.2. The number of hydrogen-bond acceptors (Lipinski definition) is 2. The van der Waals surface area contributed by atoms with Crippen molar-refractivity contribution in [1.29, 1.82) is 0 Å². The SMILES string of the molecule is CC(C)(C)c1nc(Cl)c(Br)c(Cl)n1. The summed E-state index contributed by atoms with van der Waals surface area (Å²) in [5.74, 6) is 0.644. The van der Waals surface area contributed by atoms with Gasteiger partial charge in [0, 0.05) is 5.41 Å². The van der Waals surface area contributed by atoms with Gasteiger partial charge in [0.05, 0.1) is 4.47 Å². The first-order chi connectivity index (χ1) is 5.82. The molecule has 0 unspecified atom stereocenters. The monoisotopic (exact) mass is 282 g/mol. The summed E-state index contributed by atoms with van der Waals surface area (Å²) in [5.41, 5.74) is -0.145. The maximum Gasteiger partial charge on any atom is 0.148 e. The van der Waals surface area contributed by atoms with Crippen LogP contribution >= 0.6 is 39.1 Å². The van der Waals surface area contributed by atoms with E-state index in [4.69, 9.17) is 23.2 Å². The molecule has 0 spiro atoms. The normalized spacial score (nSPS) is 11.8. The van der Waals surface area contributed by atoms with E-state index in [9.17, 15) is 0 Å². The predicted molar refractivity (Wildman–Crippen MR) is 58.5 cm³/mol. The molecule has 0 saturated carbocycles. The van der Waals surface area contributed by atoms with Gasteiger partial charge in [-0.15, -0.1) is 0 Å². The highest BCUT2D eigenvalue weighted by Crippen LogP contribution is 2.30. The molecule has 0 saturated heterocycles. The van der Waals surface area contributed by atoms with Crippen molar-refractivity contribution < 1.29 is 0 Å². The summed E-state index contributed by atoms with van der Waals surface area (Å²) in [7, 11) is 0. The largest absolute Gasteiger partial charge is 0.219 e. The van der Waals surface area contributed by atoms with Gasteiger partial charge in [0.25, 0.3) is 0 Å². The second-order valence-corrected chi connectivity index (χ2v) is 5.20. The van der Waals surface area contributed by atoms with Gasteiger partial charge in [0.15, 0.2) is 0 Å². The molecule has 5 heteroatoms. The molecule has 0 aliphatic carbocycles. The van der Waals surface area contributed by atoms with Gasteiger partial charge in [0.2, 0.25) is 0 Å². The highest BCUT2D eigenvalue weighted by atomic mass is 79.9.